The topological polar surface area (TPSA) is 85.0 Å². The van der Waals surface area contributed by atoms with Gasteiger partial charge in [-0.05, 0) is 68.9 Å². The van der Waals surface area contributed by atoms with Crippen LogP contribution in [0.2, 0.25) is 5.02 Å². The largest absolute Gasteiger partial charge is 0.363 e. The predicted molar refractivity (Wildman–Crippen MR) is 147 cm³/mol. The van der Waals surface area contributed by atoms with Gasteiger partial charge < -0.3 is 10.2 Å². The van der Waals surface area contributed by atoms with Crippen molar-refractivity contribution in [2.45, 2.75) is 45.2 Å². The molecule has 1 fully saturated rings. The lowest BCUT2D eigenvalue weighted by molar-refractivity contribution is 0.0919. The molecule has 1 N–H and O–H groups in total. The summed E-state index contributed by atoms with van der Waals surface area (Å²) in [4.78, 5) is 37.0. The summed E-state index contributed by atoms with van der Waals surface area (Å²) < 4.78 is 3.63. The molecule has 1 amide bonds. The van der Waals surface area contributed by atoms with E-state index >= 15 is 0 Å². The Labute approximate surface area is 220 Å². The molecule has 0 aliphatic heterocycles. The lowest BCUT2D eigenvalue weighted by Crippen LogP contribution is -2.39. The minimum Gasteiger partial charge on any atom is -0.363 e. The molecule has 1 aromatic carbocycles. The number of anilines is 1. The molecule has 9 heteroatoms. The molecule has 4 aromatic rings. The molecule has 0 radical (unpaired) electrons. The Morgan fingerprint density at radius 1 is 1.05 bits per heavy atom. The van der Waals surface area contributed by atoms with Gasteiger partial charge in [-0.1, -0.05) is 23.7 Å². The molecular weight excluding hydrogens is 488 g/mol. The van der Waals surface area contributed by atoms with E-state index in [-0.39, 0.29) is 17.6 Å². The van der Waals surface area contributed by atoms with Crippen molar-refractivity contribution in [3.63, 3.8) is 0 Å². The molecule has 8 nitrogen and oxygen atoms in total. The predicted octanol–water partition coefficient (Wildman–Crippen LogP) is 4.60. The summed E-state index contributed by atoms with van der Waals surface area (Å²) in [6.07, 6.45) is 6.90. The van der Waals surface area contributed by atoms with Gasteiger partial charge in [-0.2, -0.15) is 0 Å². The van der Waals surface area contributed by atoms with Gasteiger partial charge in [-0.15, -0.1) is 0 Å². The number of carbonyl (C=O) groups excluding carboxylic acids is 1. The molecule has 1 saturated carbocycles. The summed E-state index contributed by atoms with van der Waals surface area (Å²) in [5.74, 6) is 1.06. The second-order valence-electron chi connectivity index (χ2n) is 9.96. The van der Waals surface area contributed by atoms with Gasteiger partial charge in [0, 0.05) is 32.9 Å². The van der Waals surface area contributed by atoms with Crippen molar-refractivity contribution < 1.29 is 4.79 Å². The van der Waals surface area contributed by atoms with Crippen LogP contribution in [0.3, 0.4) is 0 Å². The summed E-state index contributed by atoms with van der Waals surface area (Å²) in [7, 11) is 3.88. The smallest absolute Gasteiger partial charge is 0.333 e. The van der Waals surface area contributed by atoms with Crippen LogP contribution in [-0.2, 0) is 6.54 Å². The highest BCUT2D eigenvalue weighted by Gasteiger charge is 2.25. The molecule has 0 unspecified atom stereocenters. The first kappa shape index (κ1) is 25.0. The van der Waals surface area contributed by atoms with Crippen LogP contribution in [0.4, 0.5) is 5.82 Å². The summed E-state index contributed by atoms with van der Waals surface area (Å²) in [6.45, 7) is 2.45. The van der Waals surface area contributed by atoms with Crippen LogP contribution in [0.25, 0.3) is 16.7 Å². The van der Waals surface area contributed by atoms with Crippen LogP contribution in [0.5, 0.6) is 0 Å². The van der Waals surface area contributed by atoms with Crippen LogP contribution in [0, 0.1) is 12.8 Å². The Bertz CT molecular complexity index is 1480. The maximum atomic E-state index is 13.6. The Kier molecular flexibility index (Phi) is 7.02. The highest BCUT2D eigenvalue weighted by atomic mass is 35.5. The Morgan fingerprint density at radius 3 is 2.46 bits per heavy atom. The molecule has 0 atom stereocenters. The third kappa shape index (κ3) is 5.11. The fourth-order valence-electron chi connectivity index (χ4n) is 5.16. The van der Waals surface area contributed by atoms with Crippen molar-refractivity contribution in [1.29, 1.82) is 0 Å². The highest BCUT2D eigenvalue weighted by molar-refractivity contribution is 6.30. The number of hydrogen-bond donors (Lipinski definition) is 1. The minimum absolute atomic E-state index is 0.0556. The number of pyridine rings is 2. The minimum atomic E-state index is -0.135. The van der Waals surface area contributed by atoms with Crippen molar-refractivity contribution >= 4 is 34.4 Å². The summed E-state index contributed by atoms with van der Waals surface area (Å²) >= 11 is 6.04. The number of halogens is 1. The van der Waals surface area contributed by atoms with Gasteiger partial charge in [0.05, 0.1) is 39.2 Å². The number of nitrogens with zero attached hydrogens (tertiary/aromatic N) is 5. The summed E-state index contributed by atoms with van der Waals surface area (Å²) in [6, 6.07) is 13.5. The number of imidazole rings is 1. The first-order valence-electron chi connectivity index (χ1n) is 12.6. The quantitative estimate of drug-likeness (QED) is 0.403. The zero-order valence-electron chi connectivity index (χ0n) is 21.3. The number of aryl methyl sites for hydroxylation is 1. The molecule has 5 rings (SSSR count). The zero-order valence-corrected chi connectivity index (χ0v) is 22.1. The molecule has 0 spiro atoms. The Hall–Kier alpha value is -3.65. The van der Waals surface area contributed by atoms with Gasteiger partial charge in [0.15, 0.2) is 0 Å². The molecule has 0 saturated heterocycles. The molecule has 1 aliphatic carbocycles. The first-order chi connectivity index (χ1) is 17.8. The average molecular weight is 519 g/mol. The first-order valence-corrected chi connectivity index (χ1v) is 13.0. The molecule has 0 bridgehead atoms. The maximum absolute atomic E-state index is 13.6. The number of amides is 1. The summed E-state index contributed by atoms with van der Waals surface area (Å²) in [5.41, 5.74) is 3.67. The van der Waals surface area contributed by atoms with E-state index in [9.17, 15) is 9.59 Å². The van der Waals surface area contributed by atoms with Crippen LogP contribution < -0.4 is 15.9 Å². The summed E-state index contributed by atoms with van der Waals surface area (Å²) in [5, 5.41) is 3.60. The number of benzene rings is 1. The fraction of sp³-hybridized carbons (Fsp3) is 0.357. The maximum Gasteiger partial charge on any atom is 0.333 e. The van der Waals surface area contributed by atoms with E-state index in [0.29, 0.717) is 28.7 Å². The monoisotopic (exact) mass is 518 g/mol. The van der Waals surface area contributed by atoms with Gasteiger partial charge in [-0.3, -0.25) is 18.9 Å². The second kappa shape index (κ2) is 10.4. The number of hydrogen-bond acceptors (Lipinski definition) is 5. The van der Waals surface area contributed by atoms with Gasteiger partial charge in [-0.25, -0.2) is 9.78 Å². The van der Waals surface area contributed by atoms with E-state index in [0.717, 1.165) is 48.2 Å². The molecule has 1 aliphatic rings. The van der Waals surface area contributed by atoms with E-state index in [1.165, 1.54) is 0 Å². The number of nitrogens with one attached hydrogen (secondary N) is 1. The zero-order chi connectivity index (χ0) is 26.1. The van der Waals surface area contributed by atoms with Crippen LogP contribution in [0.1, 0.15) is 41.7 Å². The lowest BCUT2D eigenvalue weighted by Gasteiger charge is -2.29. The lowest BCUT2D eigenvalue weighted by atomic mass is 9.85. The normalized spacial score (nSPS) is 17.6. The molecular formula is C28H31ClN6O2. The Balaban J connectivity index is 1.31. The number of aromatic nitrogens is 4. The van der Waals surface area contributed by atoms with Gasteiger partial charge >= 0.3 is 5.69 Å². The van der Waals surface area contributed by atoms with Crippen molar-refractivity contribution in [3.8, 4) is 5.69 Å². The number of para-hydroxylation sites is 2. The number of carbonyl (C=O) groups is 1. The van der Waals surface area contributed by atoms with Gasteiger partial charge in [0.2, 0.25) is 0 Å². The number of fused-ring (bicyclic) bond motifs is 1. The third-order valence-corrected chi connectivity index (χ3v) is 7.41. The van der Waals surface area contributed by atoms with E-state index in [1.54, 1.807) is 23.0 Å². The SMILES string of the molecule is Cc1ncc(Cl)cc1C(=O)NC1CCC(Cn2c(=O)n(-c3ccc(N(C)C)nc3)c3ccccc32)CC1. The Morgan fingerprint density at radius 2 is 1.78 bits per heavy atom. The van der Waals surface area contributed by atoms with Crippen molar-refractivity contribution in [2.75, 3.05) is 19.0 Å². The number of rotatable bonds is 6. The molecule has 37 heavy (non-hydrogen) atoms. The van der Waals surface area contributed by atoms with E-state index < -0.39 is 0 Å². The third-order valence-electron chi connectivity index (χ3n) is 7.21. The van der Waals surface area contributed by atoms with Crippen molar-refractivity contribution in [1.82, 2.24) is 24.4 Å². The van der Waals surface area contributed by atoms with Crippen molar-refractivity contribution in [2.24, 2.45) is 5.92 Å². The highest BCUT2D eigenvalue weighted by Crippen LogP contribution is 2.28. The van der Waals surface area contributed by atoms with Crippen LogP contribution in [-0.4, -0.2) is 45.1 Å². The van der Waals surface area contributed by atoms with E-state index in [4.69, 9.17) is 11.6 Å². The molecule has 3 heterocycles. The van der Waals surface area contributed by atoms with Gasteiger partial charge in [0.1, 0.15) is 5.82 Å². The van der Waals surface area contributed by atoms with Crippen molar-refractivity contribution in [3.05, 3.63) is 81.6 Å². The van der Waals surface area contributed by atoms with Gasteiger partial charge in [0.25, 0.3) is 5.91 Å². The van der Waals surface area contributed by atoms with E-state index in [1.807, 2.05) is 66.9 Å². The second-order valence-corrected chi connectivity index (χ2v) is 10.4. The molecule has 3 aromatic heterocycles. The molecule has 192 valence electrons. The van der Waals surface area contributed by atoms with Crippen LogP contribution in [0.15, 0.2) is 59.7 Å². The standard InChI is InChI=1S/C28H31ClN6O2/c1-18-23(14-20(29)15-30-18)27(36)32-21-10-8-19(9-11-21)17-34-24-6-4-5-7-25(24)35(28(34)37)22-12-13-26(31-16-22)33(2)3/h4-7,12-16,19,21H,8-11,17H2,1-3H3,(H,32,36). The average Bonchev–Trinajstić information content (AvgIpc) is 3.17. The van der Waals surface area contributed by atoms with Crippen LogP contribution >= 0.6 is 11.6 Å². The van der Waals surface area contributed by atoms with E-state index in [2.05, 4.69) is 15.3 Å². The fourth-order valence-corrected chi connectivity index (χ4v) is 5.32.